The first kappa shape index (κ1) is 17.1. The summed E-state index contributed by atoms with van der Waals surface area (Å²) in [6, 6.07) is 10.1. The molecule has 1 N–H and O–H groups in total. The predicted molar refractivity (Wildman–Crippen MR) is 99.2 cm³/mol. The van der Waals surface area contributed by atoms with Crippen LogP contribution in [0.3, 0.4) is 0 Å². The molecule has 1 atom stereocenters. The third-order valence-electron chi connectivity index (χ3n) is 5.83. The van der Waals surface area contributed by atoms with Gasteiger partial charge in [-0.15, -0.1) is 0 Å². The highest BCUT2D eigenvalue weighted by molar-refractivity contribution is 5.85. The van der Waals surface area contributed by atoms with E-state index < -0.39 is 5.54 Å². The first-order chi connectivity index (χ1) is 12.7. The molecule has 0 saturated carbocycles. The molecule has 4 rings (SSSR count). The van der Waals surface area contributed by atoms with Crippen LogP contribution in [-0.2, 0) is 10.3 Å². The van der Waals surface area contributed by atoms with Crippen LogP contribution in [0, 0.1) is 0 Å². The van der Waals surface area contributed by atoms with Crippen molar-refractivity contribution in [1.29, 1.82) is 0 Å². The van der Waals surface area contributed by atoms with Crippen molar-refractivity contribution in [3.8, 4) is 5.75 Å². The molecule has 0 bridgehead atoms. The van der Waals surface area contributed by atoms with Crippen molar-refractivity contribution in [2.45, 2.75) is 30.7 Å². The Labute approximate surface area is 154 Å². The number of hydrogen-bond acceptors (Lipinski definition) is 4. The van der Waals surface area contributed by atoms with Crippen LogP contribution in [0.4, 0.5) is 0 Å². The lowest BCUT2D eigenvalue weighted by molar-refractivity contribution is -0.142. The molecule has 1 unspecified atom stereocenters. The molecule has 0 spiro atoms. The molecule has 2 aromatic rings. The molecule has 6 nitrogen and oxygen atoms in total. The second kappa shape index (κ2) is 7.11. The third kappa shape index (κ3) is 2.98. The topological polar surface area (TPSA) is 59.4 Å². The van der Waals surface area contributed by atoms with Gasteiger partial charge < -0.3 is 15.0 Å². The lowest BCUT2D eigenvalue weighted by Crippen LogP contribution is -2.55. The number of likely N-dealkylation sites (tertiary alicyclic amines) is 1. The highest BCUT2D eigenvalue weighted by atomic mass is 16.5. The van der Waals surface area contributed by atoms with Gasteiger partial charge in [-0.2, -0.15) is 5.10 Å². The lowest BCUT2D eigenvalue weighted by Gasteiger charge is -2.39. The Hall–Kier alpha value is -2.34. The second-order valence-electron chi connectivity index (χ2n) is 7.24. The Morgan fingerprint density at radius 2 is 2.04 bits per heavy atom. The summed E-state index contributed by atoms with van der Waals surface area (Å²) in [5.41, 5.74) is 0.739. The summed E-state index contributed by atoms with van der Waals surface area (Å²) in [6.45, 7) is 3.29. The van der Waals surface area contributed by atoms with Gasteiger partial charge in [0.1, 0.15) is 11.3 Å². The summed E-state index contributed by atoms with van der Waals surface area (Å²) in [6.07, 6.45) is 6.28. The van der Waals surface area contributed by atoms with Crippen LogP contribution >= 0.6 is 0 Å². The number of ether oxygens (including phenoxy) is 1. The SMILES string of the molecule is COc1ccc(C2CCN(C(=O)C3(n4cccn4)CCNCC3)C2)cc1. The second-order valence-corrected chi connectivity index (χ2v) is 7.24. The average Bonchev–Trinajstić information content (AvgIpc) is 3.40. The standard InChI is InChI=1S/C20H26N4O2/c1-26-18-5-3-16(4-6-18)17-7-14-23(15-17)19(25)20(8-11-21-12-9-20)24-13-2-10-22-24/h2-6,10,13,17,21H,7-9,11-12,14-15H2,1H3. The normalized spacial score (nSPS) is 22.3. The minimum atomic E-state index is -0.538. The molecule has 2 saturated heterocycles. The number of hydrogen-bond donors (Lipinski definition) is 1. The fraction of sp³-hybridized carbons (Fsp3) is 0.500. The van der Waals surface area contributed by atoms with Gasteiger partial charge in [0, 0.05) is 31.4 Å². The Bertz CT molecular complexity index is 736. The number of aromatic nitrogens is 2. The zero-order valence-electron chi connectivity index (χ0n) is 15.2. The van der Waals surface area contributed by atoms with Gasteiger partial charge >= 0.3 is 0 Å². The van der Waals surface area contributed by atoms with Gasteiger partial charge in [0.05, 0.1) is 7.11 Å². The number of nitrogens with one attached hydrogen (secondary N) is 1. The first-order valence-electron chi connectivity index (χ1n) is 9.37. The predicted octanol–water partition coefficient (Wildman–Crippen LogP) is 1.99. The zero-order chi connectivity index (χ0) is 18.0. The molecule has 2 aliphatic heterocycles. The molecule has 2 fully saturated rings. The summed E-state index contributed by atoms with van der Waals surface area (Å²) in [7, 11) is 1.68. The van der Waals surface area contributed by atoms with Gasteiger partial charge in [-0.3, -0.25) is 9.48 Å². The van der Waals surface area contributed by atoms with Gasteiger partial charge in [-0.25, -0.2) is 0 Å². The summed E-state index contributed by atoms with van der Waals surface area (Å²) >= 11 is 0. The highest BCUT2D eigenvalue weighted by Gasteiger charge is 2.45. The van der Waals surface area contributed by atoms with E-state index in [2.05, 4.69) is 22.5 Å². The van der Waals surface area contributed by atoms with Gasteiger partial charge in [0.2, 0.25) is 0 Å². The van der Waals surface area contributed by atoms with Crippen LogP contribution in [0.2, 0.25) is 0 Å². The Morgan fingerprint density at radius 3 is 2.69 bits per heavy atom. The fourth-order valence-electron chi connectivity index (χ4n) is 4.29. The summed E-state index contributed by atoms with van der Waals surface area (Å²) in [5, 5.41) is 7.80. The van der Waals surface area contributed by atoms with E-state index in [1.165, 1.54) is 5.56 Å². The molecule has 26 heavy (non-hydrogen) atoms. The zero-order valence-corrected chi connectivity index (χ0v) is 15.2. The van der Waals surface area contributed by atoms with E-state index in [4.69, 9.17) is 4.74 Å². The van der Waals surface area contributed by atoms with Gasteiger partial charge in [0.15, 0.2) is 0 Å². The van der Waals surface area contributed by atoms with Gasteiger partial charge in [-0.1, -0.05) is 12.1 Å². The quantitative estimate of drug-likeness (QED) is 0.912. The van der Waals surface area contributed by atoms with Crippen molar-refractivity contribution >= 4 is 5.91 Å². The number of methoxy groups -OCH3 is 1. The van der Waals surface area contributed by atoms with Crippen LogP contribution in [0.25, 0.3) is 0 Å². The Morgan fingerprint density at radius 1 is 1.27 bits per heavy atom. The largest absolute Gasteiger partial charge is 0.497 e. The van der Waals surface area contributed by atoms with Crippen LogP contribution in [0.1, 0.15) is 30.7 Å². The van der Waals surface area contributed by atoms with E-state index in [-0.39, 0.29) is 5.91 Å². The molecule has 2 aliphatic rings. The highest BCUT2D eigenvalue weighted by Crippen LogP contribution is 2.34. The Kier molecular flexibility index (Phi) is 4.68. The average molecular weight is 354 g/mol. The minimum absolute atomic E-state index is 0.221. The maximum absolute atomic E-state index is 13.5. The van der Waals surface area contributed by atoms with Crippen LogP contribution < -0.4 is 10.1 Å². The molecule has 138 valence electrons. The van der Waals surface area contributed by atoms with E-state index in [0.717, 1.165) is 51.2 Å². The summed E-state index contributed by atoms with van der Waals surface area (Å²) in [4.78, 5) is 15.6. The van der Waals surface area contributed by atoms with Crippen molar-refractivity contribution in [2.75, 3.05) is 33.3 Å². The lowest BCUT2D eigenvalue weighted by atomic mass is 9.86. The van der Waals surface area contributed by atoms with Crippen molar-refractivity contribution in [3.05, 3.63) is 48.3 Å². The maximum Gasteiger partial charge on any atom is 0.250 e. The third-order valence-corrected chi connectivity index (χ3v) is 5.83. The van der Waals surface area contributed by atoms with E-state index >= 15 is 0 Å². The number of benzene rings is 1. The van der Waals surface area contributed by atoms with Gasteiger partial charge in [0.25, 0.3) is 5.91 Å². The molecule has 1 aromatic heterocycles. The van der Waals surface area contributed by atoms with E-state index in [9.17, 15) is 4.79 Å². The summed E-state index contributed by atoms with van der Waals surface area (Å²) in [5.74, 6) is 1.48. The van der Waals surface area contributed by atoms with E-state index in [0.29, 0.717) is 5.92 Å². The maximum atomic E-state index is 13.5. The fourth-order valence-corrected chi connectivity index (χ4v) is 4.29. The number of amides is 1. The minimum Gasteiger partial charge on any atom is -0.497 e. The van der Waals surface area contributed by atoms with E-state index in [1.807, 2.05) is 34.0 Å². The smallest absolute Gasteiger partial charge is 0.250 e. The number of carbonyl (C=O) groups excluding carboxylic acids is 1. The molecular weight excluding hydrogens is 328 g/mol. The molecule has 3 heterocycles. The molecule has 0 radical (unpaired) electrons. The van der Waals surface area contributed by atoms with Crippen LogP contribution in [-0.4, -0.2) is 53.9 Å². The molecule has 1 aromatic carbocycles. The van der Waals surface area contributed by atoms with Crippen molar-refractivity contribution in [2.24, 2.45) is 0 Å². The summed E-state index contributed by atoms with van der Waals surface area (Å²) < 4.78 is 7.13. The molecule has 6 heteroatoms. The van der Waals surface area contributed by atoms with E-state index in [1.54, 1.807) is 13.3 Å². The number of piperidine rings is 1. The van der Waals surface area contributed by atoms with Crippen molar-refractivity contribution < 1.29 is 9.53 Å². The first-order valence-corrected chi connectivity index (χ1v) is 9.37. The number of nitrogens with zero attached hydrogens (tertiary/aromatic N) is 3. The molecule has 0 aliphatic carbocycles. The number of rotatable bonds is 4. The Balaban J connectivity index is 1.52. The molecular formula is C20H26N4O2. The monoisotopic (exact) mass is 354 g/mol. The van der Waals surface area contributed by atoms with Crippen molar-refractivity contribution in [3.63, 3.8) is 0 Å². The molecule has 1 amide bonds. The van der Waals surface area contributed by atoms with Crippen LogP contribution in [0.15, 0.2) is 42.7 Å². The van der Waals surface area contributed by atoms with Crippen LogP contribution in [0.5, 0.6) is 5.75 Å². The van der Waals surface area contributed by atoms with Crippen molar-refractivity contribution in [1.82, 2.24) is 20.0 Å². The van der Waals surface area contributed by atoms with Gasteiger partial charge in [-0.05, 0) is 56.1 Å². The number of carbonyl (C=O) groups is 1.